The summed E-state index contributed by atoms with van der Waals surface area (Å²) in [7, 11) is 0. The lowest BCUT2D eigenvalue weighted by Crippen LogP contribution is -2.51. The molecule has 2 N–H and O–H groups in total. The van der Waals surface area contributed by atoms with Crippen LogP contribution in [0.3, 0.4) is 0 Å². The number of rotatable bonds is 5. The van der Waals surface area contributed by atoms with E-state index in [-0.39, 0.29) is 11.7 Å². The van der Waals surface area contributed by atoms with E-state index >= 15 is 0 Å². The summed E-state index contributed by atoms with van der Waals surface area (Å²) in [6, 6.07) is 7.03. The van der Waals surface area contributed by atoms with Gasteiger partial charge >= 0.3 is 0 Å². The maximum absolute atomic E-state index is 12.5. The van der Waals surface area contributed by atoms with Gasteiger partial charge in [-0.2, -0.15) is 0 Å². The number of benzene rings is 1. The number of thiazole rings is 1. The topological polar surface area (TPSA) is 62.2 Å². The van der Waals surface area contributed by atoms with Crippen LogP contribution in [0.2, 0.25) is 0 Å². The zero-order chi connectivity index (χ0) is 18.4. The Morgan fingerprint density at radius 1 is 1.11 bits per heavy atom. The number of hydrogen-bond donors (Lipinski definition) is 2. The first kappa shape index (κ1) is 17.2. The molecule has 1 aromatic carbocycles. The largest absolute Gasteiger partial charge is 0.508 e. The second-order valence-electron chi connectivity index (χ2n) is 9.06. The van der Waals surface area contributed by atoms with Crippen molar-refractivity contribution in [1.82, 2.24) is 10.3 Å². The van der Waals surface area contributed by atoms with E-state index in [1.165, 1.54) is 38.5 Å². The van der Waals surface area contributed by atoms with Crippen LogP contribution in [0.15, 0.2) is 29.6 Å². The second-order valence-corrected chi connectivity index (χ2v) is 9.92. The van der Waals surface area contributed by atoms with Crippen LogP contribution in [0, 0.1) is 23.2 Å². The number of phenolic OH excluding ortho intramolecular Hbond substituents is 1. The molecule has 0 spiro atoms. The first-order valence-corrected chi connectivity index (χ1v) is 11.0. The normalized spacial score (nSPS) is 31.2. The zero-order valence-corrected chi connectivity index (χ0v) is 16.3. The number of carbonyl (C=O) groups is 1. The van der Waals surface area contributed by atoms with Crippen molar-refractivity contribution in [2.24, 2.45) is 23.2 Å². The third-order valence-electron chi connectivity index (χ3n) is 6.83. The molecule has 0 saturated heterocycles. The standard InChI is InChI=1S/C22H26N2O2S/c25-19-3-1-17(2-4-19)21-24-18(12-27-21)8-20(26)23-13-22-9-14-5-15(10-22)7-16(6-14)11-22/h1-4,12,14-16,25H,5-11,13H2,(H,23,26). The maximum Gasteiger partial charge on any atom is 0.226 e. The average molecular weight is 383 g/mol. The minimum Gasteiger partial charge on any atom is -0.508 e. The van der Waals surface area contributed by atoms with E-state index < -0.39 is 0 Å². The van der Waals surface area contributed by atoms with Gasteiger partial charge in [-0.25, -0.2) is 4.98 Å². The van der Waals surface area contributed by atoms with Crippen molar-refractivity contribution >= 4 is 17.2 Å². The van der Waals surface area contributed by atoms with Crippen LogP contribution in [0.4, 0.5) is 0 Å². The monoisotopic (exact) mass is 382 g/mol. The highest BCUT2D eigenvalue weighted by molar-refractivity contribution is 7.13. The average Bonchev–Trinajstić information content (AvgIpc) is 3.08. The molecule has 0 aliphatic heterocycles. The molecule has 0 radical (unpaired) electrons. The summed E-state index contributed by atoms with van der Waals surface area (Å²) < 4.78 is 0. The van der Waals surface area contributed by atoms with Gasteiger partial charge in [0.1, 0.15) is 10.8 Å². The smallest absolute Gasteiger partial charge is 0.226 e. The molecule has 142 valence electrons. The number of amides is 1. The molecule has 4 bridgehead atoms. The Bertz CT molecular complexity index is 807. The Kier molecular flexibility index (Phi) is 4.23. The van der Waals surface area contributed by atoms with Gasteiger partial charge in [0.25, 0.3) is 0 Å². The van der Waals surface area contributed by atoms with Gasteiger partial charge in [-0.1, -0.05) is 0 Å². The van der Waals surface area contributed by atoms with Crippen molar-refractivity contribution in [3.8, 4) is 16.3 Å². The van der Waals surface area contributed by atoms with Crippen molar-refractivity contribution in [1.29, 1.82) is 0 Å². The van der Waals surface area contributed by atoms with E-state index in [2.05, 4.69) is 10.3 Å². The Morgan fingerprint density at radius 2 is 1.74 bits per heavy atom. The molecule has 6 rings (SSSR count). The molecule has 4 nitrogen and oxygen atoms in total. The van der Waals surface area contributed by atoms with Crippen molar-refractivity contribution in [3.63, 3.8) is 0 Å². The van der Waals surface area contributed by atoms with Crippen molar-refractivity contribution in [2.75, 3.05) is 6.54 Å². The molecule has 1 heterocycles. The highest BCUT2D eigenvalue weighted by atomic mass is 32.1. The highest BCUT2D eigenvalue weighted by Gasteiger charge is 2.50. The van der Waals surface area contributed by atoms with Crippen molar-refractivity contribution in [3.05, 3.63) is 35.3 Å². The minimum atomic E-state index is 0.0910. The minimum absolute atomic E-state index is 0.0910. The maximum atomic E-state index is 12.5. The second kappa shape index (κ2) is 6.62. The van der Waals surface area contributed by atoms with Gasteiger partial charge in [-0.05, 0) is 86.0 Å². The van der Waals surface area contributed by atoms with Gasteiger partial charge in [0.2, 0.25) is 5.91 Å². The fourth-order valence-electron chi connectivity index (χ4n) is 6.14. The molecule has 2 aromatic rings. The predicted molar refractivity (Wildman–Crippen MR) is 107 cm³/mol. The summed E-state index contributed by atoms with van der Waals surface area (Å²) >= 11 is 1.54. The lowest BCUT2D eigenvalue weighted by atomic mass is 9.49. The van der Waals surface area contributed by atoms with Crippen LogP contribution in [0.25, 0.3) is 10.6 Å². The molecular weight excluding hydrogens is 356 g/mol. The molecule has 0 unspecified atom stereocenters. The molecule has 4 aliphatic rings. The number of aromatic hydroxyl groups is 1. The van der Waals surface area contributed by atoms with E-state index in [1.807, 2.05) is 17.5 Å². The first-order chi connectivity index (χ1) is 13.1. The Morgan fingerprint density at radius 3 is 2.37 bits per heavy atom. The van der Waals surface area contributed by atoms with Crippen LogP contribution in [0.1, 0.15) is 44.2 Å². The molecule has 1 amide bonds. The number of carbonyl (C=O) groups excluding carboxylic acids is 1. The van der Waals surface area contributed by atoms with E-state index in [1.54, 1.807) is 23.5 Å². The van der Waals surface area contributed by atoms with Crippen LogP contribution >= 0.6 is 11.3 Å². The van der Waals surface area contributed by atoms with E-state index in [9.17, 15) is 9.90 Å². The van der Waals surface area contributed by atoms with E-state index in [4.69, 9.17) is 0 Å². The third-order valence-corrected chi connectivity index (χ3v) is 7.77. The number of nitrogens with one attached hydrogen (secondary N) is 1. The highest BCUT2D eigenvalue weighted by Crippen LogP contribution is 2.59. The Labute approximate surface area is 164 Å². The lowest BCUT2D eigenvalue weighted by Gasteiger charge is -2.56. The van der Waals surface area contributed by atoms with Gasteiger partial charge in [0, 0.05) is 17.5 Å². The van der Waals surface area contributed by atoms with E-state index in [0.29, 0.717) is 11.8 Å². The van der Waals surface area contributed by atoms with Crippen molar-refractivity contribution < 1.29 is 9.90 Å². The molecule has 4 fully saturated rings. The first-order valence-electron chi connectivity index (χ1n) is 10.1. The van der Waals surface area contributed by atoms with Crippen molar-refractivity contribution in [2.45, 2.75) is 44.9 Å². The number of nitrogens with zero attached hydrogens (tertiary/aromatic N) is 1. The number of hydrogen-bond acceptors (Lipinski definition) is 4. The molecular formula is C22H26N2O2S. The molecule has 4 aliphatic carbocycles. The summed E-state index contributed by atoms with van der Waals surface area (Å²) in [5, 5.41) is 15.5. The van der Waals surface area contributed by atoms with Crippen LogP contribution < -0.4 is 5.32 Å². The third kappa shape index (κ3) is 3.49. The van der Waals surface area contributed by atoms with Gasteiger partial charge in [0.15, 0.2) is 0 Å². The van der Waals surface area contributed by atoms with Gasteiger partial charge in [0.05, 0.1) is 12.1 Å². The number of aromatic nitrogens is 1. The van der Waals surface area contributed by atoms with Crippen LogP contribution in [0.5, 0.6) is 5.75 Å². The summed E-state index contributed by atoms with van der Waals surface area (Å²) in [5.74, 6) is 3.09. The predicted octanol–water partition coefficient (Wildman–Crippen LogP) is 4.39. The fourth-order valence-corrected chi connectivity index (χ4v) is 6.97. The summed E-state index contributed by atoms with van der Waals surface area (Å²) in [4.78, 5) is 17.1. The SMILES string of the molecule is O=C(Cc1csc(-c2ccc(O)cc2)n1)NCC12CC3CC(CC(C3)C1)C2. The summed E-state index contributed by atoms with van der Waals surface area (Å²) in [5.41, 5.74) is 2.17. The van der Waals surface area contributed by atoms with Crippen LogP contribution in [-0.4, -0.2) is 22.5 Å². The quantitative estimate of drug-likeness (QED) is 0.806. The molecule has 1 aromatic heterocycles. The van der Waals surface area contributed by atoms with E-state index in [0.717, 1.165) is 40.6 Å². The molecule has 5 heteroatoms. The van der Waals surface area contributed by atoms with Crippen LogP contribution in [-0.2, 0) is 11.2 Å². The van der Waals surface area contributed by atoms with Gasteiger partial charge in [-0.15, -0.1) is 11.3 Å². The fraction of sp³-hybridized carbons (Fsp3) is 0.545. The summed E-state index contributed by atoms with van der Waals surface area (Å²) in [6.07, 6.45) is 8.62. The van der Waals surface area contributed by atoms with Gasteiger partial charge < -0.3 is 10.4 Å². The molecule has 0 atom stereocenters. The molecule has 4 saturated carbocycles. The molecule has 27 heavy (non-hydrogen) atoms. The Hall–Kier alpha value is -1.88. The number of phenols is 1. The zero-order valence-electron chi connectivity index (χ0n) is 15.5. The van der Waals surface area contributed by atoms with Gasteiger partial charge in [-0.3, -0.25) is 4.79 Å². The lowest BCUT2D eigenvalue weighted by molar-refractivity contribution is -0.122. The summed E-state index contributed by atoms with van der Waals surface area (Å²) in [6.45, 7) is 0.851. The Balaban J connectivity index is 1.19.